The van der Waals surface area contributed by atoms with Crippen molar-refractivity contribution in [2.24, 2.45) is 0 Å². The van der Waals surface area contributed by atoms with Crippen LogP contribution in [0.25, 0.3) is 0 Å². The van der Waals surface area contributed by atoms with Gasteiger partial charge in [0.15, 0.2) is 0 Å². The van der Waals surface area contributed by atoms with Crippen LogP contribution >= 0.6 is 0 Å². The molecule has 1 fully saturated rings. The van der Waals surface area contributed by atoms with Crippen LogP contribution in [0.3, 0.4) is 0 Å². The number of hydrogen-bond donors (Lipinski definition) is 3. The molecule has 0 saturated carbocycles. The molecular formula is C13H18N2O3. The molecule has 2 rings (SSSR count). The average molecular weight is 250 g/mol. The lowest BCUT2D eigenvalue weighted by Crippen LogP contribution is -2.32. The summed E-state index contributed by atoms with van der Waals surface area (Å²) < 4.78 is 5.47. The van der Waals surface area contributed by atoms with Crippen LogP contribution in [0.15, 0.2) is 18.2 Å². The van der Waals surface area contributed by atoms with E-state index in [1.54, 1.807) is 12.1 Å². The summed E-state index contributed by atoms with van der Waals surface area (Å²) in [4.78, 5) is 10.9. The van der Waals surface area contributed by atoms with Crippen LogP contribution in [0.5, 0.6) is 0 Å². The predicted molar refractivity (Wildman–Crippen MR) is 69.9 cm³/mol. The van der Waals surface area contributed by atoms with Crippen molar-refractivity contribution >= 4 is 17.3 Å². The zero-order valence-corrected chi connectivity index (χ0v) is 10.3. The van der Waals surface area contributed by atoms with Crippen LogP contribution in [-0.4, -0.2) is 29.8 Å². The van der Waals surface area contributed by atoms with Gasteiger partial charge in [0.05, 0.1) is 23.0 Å². The summed E-state index contributed by atoms with van der Waals surface area (Å²) in [5, 5.41) is 12.3. The first-order valence-electron chi connectivity index (χ1n) is 6.07. The summed E-state index contributed by atoms with van der Waals surface area (Å²) in [6.07, 6.45) is 2.03. The van der Waals surface area contributed by atoms with Crippen molar-refractivity contribution in [3.8, 4) is 0 Å². The van der Waals surface area contributed by atoms with E-state index in [0.29, 0.717) is 11.4 Å². The smallest absolute Gasteiger partial charge is 0.335 e. The fourth-order valence-electron chi connectivity index (χ4n) is 2.16. The van der Waals surface area contributed by atoms with E-state index >= 15 is 0 Å². The number of hydrogen-bond acceptors (Lipinski definition) is 4. The minimum atomic E-state index is -0.946. The Hall–Kier alpha value is -1.75. The number of carbonyl (C=O) groups is 1. The Kier molecular flexibility index (Phi) is 3.72. The van der Waals surface area contributed by atoms with Crippen LogP contribution in [0.4, 0.5) is 11.4 Å². The molecule has 5 heteroatoms. The van der Waals surface area contributed by atoms with E-state index < -0.39 is 5.97 Å². The molecule has 4 N–H and O–H groups in total. The standard InChI is InChI=1S/C13H18N2O3/c1-8-6-10(4-5-18-8)15-12-7-9(13(16)17)2-3-11(12)14/h2-3,7-8,10,15H,4-6,14H2,1H3,(H,16,17). The summed E-state index contributed by atoms with van der Waals surface area (Å²) in [7, 11) is 0. The molecule has 18 heavy (non-hydrogen) atoms. The van der Waals surface area contributed by atoms with Crippen molar-refractivity contribution in [3.05, 3.63) is 23.8 Å². The Morgan fingerprint density at radius 2 is 2.33 bits per heavy atom. The molecule has 1 saturated heterocycles. The Bertz CT molecular complexity index is 448. The highest BCUT2D eigenvalue weighted by Gasteiger charge is 2.20. The average Bonchev–Trinajstić information content (AvgIpc) is 2.31. The van der Waals surface area contributed by atoms with Crippen LogP contribution in [0.2, 0.25) is 0 Å². The monoisotopic (exact) mass is 250 g/mol. The normalized spacial score (nSPS) is 23.6. The summed E-state index contributed by atoms with van der Waals surface area (Å²) in [5.74, 6) is -0.946. The highest BCUT2D eigenvalue weighted by Crippen LogP contribution is 2.24. The molecule has 0 spiro atoms. The quantitative estimate of drug-likeness (QED) is 0.714. The molecule has 0 aromatic heterocycles. The zero-order chi connectivity index (χ0) is 13.1. The molecule has 5 nitrogen and oxygen atoms in total. The molecule has 1 aromatic rings. The number of aromatic carboxylic acids is 1. The summed E-state index contributed by atoms with van der Waals surface area (Å²) in [6.45, 7) is 2.75. The first-order valence-corrected chi connectivity index (χ1v) is 6.07. The van der Waals surface area contributed by atoms with Gasteiger partial charge in [0, 0.05) is 12.6 Å². The van der Waals surface area contributed by atoms with E-state index in [-0.39, 0.29) is 17.7 Å². The summed E-state index contributed by atoms with van der Waals surface area (Å²) in [6, 6.07) is 4.99. The Balaban J connectivity index is 2.12. The van der Waals surface area contributed by atoms with Gasteiger partial charge < -0.3 is 20.9 Å². The predicted octanol–water partition coefficient (Wildman–Crippen LogP) is 1.95. The molecule has 2 unspecified atom stereocenters. The number of nitrogens with two attached hydrogens (primary N) is 1. The molecule has 1 aliphatic heterocycles. The first kappa shape index (κ1) is 12.7. The Morgan fingerprint density at radius 1 is 1.56 bits per heavy atom. The number of carboxylic acid groups (broad SMARTS) is 1. The van der Waals surface area contributed by atoms with Gasteiger partial charge in [-0.2, -0.15) is 0 Å². The van der Waals surface area contributed by atoms with Gasteiger partial charge in [0.25, 0.3) is 0 Å². The van der Waals surface area contributed by atoms with E-state index in [1.165, 1.54) is 6.07 Å². The molecule has 1 heterocycles. The maximum Gasteiger partial charge on any atom is 0.335 e. The lowest BCUT2D eigenvalue weighted by atomic mass is 10.0. The molecular weight excluding hydrogens is 232 g/mol. The van der Waals surface area contributed by atoms with Gasteiger partial charge in [-0.3, -0.25) is 0 Å². The number of ether oxygens (including phenoxy) is 1. The summed E-state index contributed by atoms with van der Waals surface area (Å²) in [5.41, 5.74) is 7.35. The fourth-order valence-corrected chi connectivity index (χ4v) is 2.16. The molecule has 0 radical (unpaired) electrons. The second-order valence-corrected chi connectivity index (χ2v) is 4.65. The highest BCUT2D eigenvalue weighted by molar-refractivity contribution is 5.90. The second kappa shape index (κ2) is 5.27. The van der Waals surface area contributed by atoms with E-state index in [2.05, 4.69) is 5.32 Å². The van der Waals surface area contributed by atoms with E-state index in [4.69, 9.17) is 15.6 Å². The number of benzene rings is 1. The van der Waals surface area contributed by atoms with Crippen LogP contribution in [0.1, 0.15) is 30.1 Å². The van der Waals surface area contributed by atoms with Gasteiger partial charge in [-0.1, -0.05) is 0 Å². The van der Waals surface area contributed by atoms with Crippen LogP contribution in [0, 0.1) is 0 Å². The molecule has 98 valence electrons. The molecule has 1 aromatic carbocycles. The van der Waals surface area contributed by atoms with Gasteiger partial charge in [-0.15, -0.1) is 0 Å². The zero-order valence-electron chi connectivity index (χ0n) is 10.3. The van der Waals surface area contributed by atoms with Crippen molar-refractivity contribution in [1.29, 1.82) is 0 Å². The van der Waals surface area contributed by atoms with Crippen LogP contribution in [-0.2, 0) is 4.74 Å². The van der Waals surface area contributed by atoms with Gasteiger partial charge in [-0.25, -0.2) is 4.79 Å². The third kappa shape index (κ3) is 2.92. The SMILES string of the molecule is CC1CC(Nc2cc(C(=O)O)ccc2N)CCO1. The van der Waals surface area contributed by atoms with Gasteiger partial charge in [0.2, 0.25) is 0 Å². The maximum atomic E-state index is 10.9. The minimum absolute atomic E-state index is 0.222. The number of nitrogen functional groups attached to an aromatic ring is 1. The molecule has 0 bridgehead atoms. The van der Waals surface area contributed by atoms with Gasteiger partial charge >= 0.3 is 5.97 Å². The second-order valence-electron chi connectivity index (χ2n) is 4.65. The lowest BCUT2D eigenvalue weighted by molar-refractivity contribution is 0.0232. The van der Waals surface area contributed by atoms with Gasteiger partial charge in [0.1, 0.15) is 0 Å². The molecule has 0 aliphatic carbocycles. The fraction of sp³-hybridized carbons (Fsp3) is 0.462. The van der Waals surface area contributed by atoms with E-state index in [1.807, 2.05) is 6.92 Å². The van der Waals surface area contributed by atoms with Crippen molar-refractivity contribution in [2.75, 3.05) is 17.7 Å². The Labute approximate surface area is 106 Å². The highest BCUT2D eigenvalue weighted by atomic mass is 16.5. The summed E-state index contributed by atoms with van der Waals surface area (Å²) >= 11 is 0. The third-order valence-electron chi connectivity index (χ3n) is 3.14. The van der Waals surface area contributed by atoms with E-state index in [0.717, 1.165) is 19.4 Å². The minimum Gasteiger partial charge on any atom is -0.478 e. The van der Waals surface area contributed by atoms with Crippen molar-refractivity contribution in [2.45, 2.75) is 31.9 Å². The van der Waals surface area contributed by atoms with Crippen molar-refractivity contribution in [3.63, 3.8) is 0 Å². The molecule has 0 amide bonds. The van der Waals surface area contributed by atoms with Gasteiger partial charge in [-0.05, 0) is 38.0 Å². The molecule has 2 atom stereocenters. The van der Waals surface area contributed by atoms with Crippen molar-refractivity contribution in [1.82, 2.24) is 0 Å². The molecule has 1 aliphatic rings. The number of rotatable bonds is 3. The number of nitrogens with one attached hydrogen (secondary N) is 1. The largest absolute Gasteiger partial charge is 0.478 e. The maximum absolute atomic E-state index is 10.9. The topological polar surface area (TPSA) is 84.6 Å². The van der Waals surface area contributed by atoms with Crippen LogP contribution < -0.4 is 11.1 Å². The first-order chi connectivity index (χ1) is 8.56. The number of anilines is 2. The Morgan fingerprint density at radius 3 is 3.00 bits per heavy atom. The lowest BCUT2D eigenvalue weighted by Gasteiger charge is -2.29. The number of carboxylic acids is 1. The van der Waals surface area contributed by atoms with Crippen molar-refractivity contribution < 1.29 is 14.6 Å². The third-order valence-corrected chi connectivity index (χ3v) is 3.14. The van der Waals surface area contributed by atoms with E-state index in [9.17, 15) is 4.79 Å².